The average molecular weight is 606 g/mol. The molecule has 0 bridgehead atoms. The molecule has 3 heterocycles. The van der Waals surface area contributed by atoms with Crippen LogP contribution in [0.15, 0.2) is 41.6 Å². The smallest absolute Gasteiger partial charge is 0.416 e. The van der Waals surface area contributed by atoms with E-state index in [0.717, 1.165) is 9.93 Å². The molecule has 2 aromatic rings. The van der Waals surface area contributed by atoms with Crippen LogP contribution in [-0.2, 0) is 9.53 Å². The van der Waals surface area contributed by atoms with Crippen molar-refractivity contribution in [3.05, 3.63) is 42.1 Å². The van der Waals surface area contributed by atoms with Crippen molar-refractivity contribution in [1.82, 2.24) is 9.88 Å². The van der Waals surface area contributed by atoms with Crippen LogP contribution in [0.1, 0.15) is 55.8 Å². The number of carbonyl (C=O) groups is 3. The van der Waals surface area contributed by atoms with Gasteiger partial charge in [0.05, 0.1) is 31.0 Å². The fourth-order valence-corrected chi connectivity index (χ4v) is 6.65. The van der Waals surface area contributed by atoms with Gasteiger partial charge >= 0.3 is 12.1 Å². The predicted molar refractivity (Wildman–Crippen MR) is 156 cm³/mol. The Labute approximate surface area is 246 Å². The second-order valence-electron chi connectivity index (χ2n) is 9.80. The summed E-state index contributed by atoms with van der Waals surface area (Å²) in [6.07, 6.45) is 2.82. The topological polar surface area (TPSA) is 139 Å². The number of hydrogen-bond donors (Lipinski definition) is 2. The summed E-state index contributed by atoms with van der Waals surface area (Å²) in [7, 11) is 4.46. The third kappa shape index (κ3) is 7.77. The van der Waals surface area contributed by atoms with Crippen molar-refractivity contribution >= 4 is 45.2 Å². The van der Waals surface area contributed by atoms with Crippen molar-refractivity contribution in [3.63, 3.8) is 0 Å². The highest BCUT2D eigenvalue weighted by atomic mass is 33.1. The third-order valence-electron chi connectivity index (χ3n) is 6.81. The normalized spacial score (nSPS) is 18.8. The fourth-order valence-electron chi connectivity index (χ4n) is 4.77. The number of rotatable bonds is 13. The molecule has 0 spiro atoms. The molecule has 0 radical (unpaired) electrons. The fraction of sp³-hybridized carbons (Fsp3) is 0.500. The van der Waals surface area contributed by atoms with E-state index in [4.69, 9.17) is 19.3 Å². The van der Waals surface area contributed by atoms with Gasteiger partial charge in [-0.05, 0) is 68.0 Å². The summed E-state index contributed by atoms with van der Waals surface area (Å²) in [6, 6.07) is 8.14. The number of aliphatic carboxylic acids is 1. The Morgan fingerprint density at radius 1 is 1.20 bits per heavy atom. The first kappa shape index (κ1) is 30.8. The van der Waals surface area contributed by atoms with E-state index in [0.29, 0.717) is 50.1 Å². The number of carboxylic acid groups (broad SMARTS) is 1. The number of methoxy groups -OCH3 is 1. The lowest BCUT2D eigenvalue weighted by atomic mass is 10.1. The first-order chi connectivity index (χ1) is 19.8. The van der Waals surface area contributed by atoms with E-state index in [1.54, 1.807) is 11.1 Å². The molecule has 41 heavy (non-hydrogen) atoms. The largest absolute Gasteiger partial charge is 0.493 e. The van der Waals surface area contributed by atoms with E-state index in [-0.39, 0.29) is 42.0 Å². The Morgan fingerprint density at radius 3 is 2.76 bits per heavy atom. The van der Waals surface area contributed by atoms with Crippen LogP contribution in [-0.4, -0.2) is 82.5 Å². The summed E-state index contributed by atoms with van der Waals surface area (Å²) in [5, 5.41) is 21.0. The van der Waals surface area contributed by atoms with Crippen molar-refractivity contribution in [2.75, 3.05) is 31.8 Å². The quantitative estimate of drug-likeness (QED) is 0.240. The molecule has 2 unspecified atom stereocenters. The first-order valence-corrected chi connectivity index (χ1v) is 15.8. The number of fused-ring (bicyclic) bond motifs is 2. The van der Waals surface area contributed by atoms with E-state index < -0.39 is 24.3 Å². The Hall–Kier alpha value is -3.16. The van der Waals surface area contributed by atoms with Gasteiger partial charge in [-0.15, -0.1) is 0 Å². The number of aromatic nitrogens is 1. The lowest BCUT2D eigenvalue weighted by Crippen LogP contribution is -2.51. The molecule has 1 saturated heterocycles. The van der Waals surface area contributed by atoms with E-state index >= 15 is 0 Å². The molecule has 1 aromatic carbocycles. The number of ether oxygens (including phenoxy) is 3. The highest BCUT2D eigenvalue weighted by Crippen LogP contribution is 2.41. The van der Waals surface area contributed by atoms with Crippen LogP contribution in [0.2, 0.25) is 0 Å². The number of aliphatic hydroxyl groups is 1. The number of amides is 2. The van der Waals surface area contributed by atoms with E-state index in [2.05, 4.69) is 4.98 Å². The van der Waals surface area contributed by atoms with E-state index in [9.17, 15) is 19.5 Å². The number of carbonyl (C=O) groups excluding carboxylic acids is 2. The van der Waals surface area contributed by atoms with Gasteiger partial charge in [-0.1, -0.05) is 16.9 Å². The number of hydrogen-bond acceptors (Lipinski definition) is 10. The Balaban J connectivity index is 1.52. The van der Waals surface area contributed by atoms with Crippen LogP contribution in [0.4, 0.5) is 10.5 Å². The van der Waals surface area contributed by atoms with Crippen molar-refractivity contribution < 1.29 is 38.8 Å². The molecule has 4 rings (SSSR count). The molecule has 1 aromatic heterocycles. The average Bonchev–Trinajstić information content (AvgIpc) is 3.44. The van der Waals surface area contributed by atoms with Gasteiger partial charge in [0.15, 0.2) is 17.7 Å². The number of benzene rings is 1. The summed E-state index contributed by atoms with van der Waals surface area (Å²) in [6.45, 7) is 2.77. The summed E-state index contributed by atoms with van der Waals surface area (Å²) < 4.78 is 17.1. The highest BCUT2D eigenvalue weighted by Gasteiger charge is 2.45. The zero-order chi connectivity index (χ0) is 29.4. The molecule has 222 valence electrons. The highest BCUT2D eigenvalue weighted by molar-refractivity contribution is 8.76. The molecule has 2 amide bonds. The van der Waals surface area contributed by atoms with Gasteiger partial charge in [0.25, 0.3) is 5.91 Å². The molecule has 2 aliphatic rings. The molecule has 1 fully saturated rings. The number of unbranched alkanes of at least 4 members (excludes halogenated alkanes) is 2. The number of carboxylic acids is 1. The number of pyridine rings is 1. The molecule has 0 saturated carbocycles. The second-order valence-corrected chi connectivity index (χ2v) is 12.5. The maximum absolute atomic E-state index is 13.6. The van der Waals surface area contributed by atoms with Crippen molar-refractivity contribution in [2.24, 2.45) is 0 Å². The number of nitrogens with zero attached hydrogens (tertiary/aromatic N) is 3. The van der Waals surface area contributed by atoms with E-state index in [1.807, 2.05) is 25.1 Å². The summed E-state index contributed by atoms with van der Waals surface area (Å²) in [5.74, 6) is -0.514. The summed E-state index contributed by atoms with van der Waals surface area (Å²) in [5.41, 5.74) is 0.399. The SMILES string of the molecule is COc1cc2c(cc1OCCCCCC(=O)O)N(C(=O)OCC(C)SSc1ccccn1)C(O)[C@@H]1CCCN1C2=O. The first-order valence-electron chi connectivity index (χ1n) is 13.6. The predicted octanol–water partition coefficient (Wildman–Crippen LogP) is 4.82. The Morgan fingerprint density at radius 2 is 2.02 bits per heavy atom. The molecule has 3 atom stereocenters. The summed E-state index contributed by atoms with van der Waals surface area (Å²) in [4.78, 5) is 44.8. The van der Waals surface area contributed by atoms with Crippen LogP contribution in [0.5, 0.6) is 11.5 Å². The van der Waals surface area contributed by atoms with Crippen LogP contribution < -0.4 is 14.4 Å². The van der Waals surface area contributed by atoms with Crippen LogP contribution in [0, 0.1) is 0 Å². The number of anilines is 1. The van der Waals surface area contributed by atoms with Gasteiger partial charge in [0.1, 0.15) is 11.6 Å². The third-order valence-corrected chi connectivity index (χ3v) is 9.57. The monoisotopic (exact) mass is 605 g/mol. The molecule has 2 aliphatic heterocycles. The molecule has 0 aliphatic carbocycles. The Bertz CT molecular complexity index is 1220. The maximum Gasteiger partial charge on any atom is 0.416 e. The van der Waals surface area contributed by atoms with Crippen molar-refractivity contribution in [3.8, 4) is 11.5 Å². The Kier molecular flexibility index (Phi) is 11.0. The van der Waals surface area contributed by atoms with Gasteiger partial charge in [-0.3, -0.25) is 9.59 Å². The second kappa shape index (κ2) is 14.6. The lowest BCUT2D eigenvalue weighted by Gasteiger charge is -2.32. The zero-order valence-electron chi connectivity index (χ0n) is 23.1. The number of aliphatic hydroxyl groups excluding tert-OH is 1. The molecule has 11 nitrogen and oxygen atoms in total. The van der Waals surface area contributed by atoms with Crippen LogP contribution >= 0.6 is 21.6 Å². The van der Waals surface area contributed by atoms with Gasteiger partial charge < -0.3 is 29.3 Å². The van der Waals surface area contributed by atoms with Gasteiger partial charge in [-0.2, -0.15) is 0 Å². The van der Waals surface area contributed by atoms with Crippen molar-refractivity contribution in [2.45, 2.75) is 68.0 Å². The minimum absolute atomic E-state index is 0.0740. The zero-order valence-corrected chi connectivity index (χ0v) is 24.7. The van der Waals surface area contributed by atoms with Gasteiger partial charge in [0, 0.05) is 30.5 Å². The van der Waals surface area contributed by atoms with Gasteiger partial charge in [0.2, 0.25) is 0 Å². The lowest BCUT2D eigenvalue weighted by molar-refractivity contribution is -0.137. The molecular formula is C28H35N3O8S2. The standard InChI is InChI=1S/C28H35N3O8S2/c1-18(40-41-24-10-5-6-12-29-24)17-39-28(36)31-21-16-23(38-14-7-3-4-11-25(32)33)22(37-2)15-19(21)26(34)30-13-8-9-20(30)27(31)35/h5-6,10,12,15-16,18,20,27,35H,3-4,7-9,11,13-14,17H2,1-2H3,(H,32,33)/t18?,20-,27?/m0/s1. The van der Waals surface area contributed by atoms with Crippen LogP contribution in [0.3, 0.4) is 0 Å². The molecule has 2 N–H and O–H groups in total. The van der Waals surface area contributed by atoms with Crippen LogP contribution in [0.25, 0.3) is 0 Å². The maximum atomic E-state index is 13.6. The minimum Gasteiger partial charge on any atom is -0.493 e. The molecular weight excluding hydrogens is 570 g/mol. The van der Waals surface area contributed by atoms with E-state index in [1.165, 1.54) is 40.8 Å². The van der Waals surface area contributed by atoms with Gasteiger partial charge in [-0.25, -0.2) is 14.7 Å². The molecule has 13 heteroatoms. The minimum atomic E-state index is -1.31. The van der Waals surface area contributed by atoms with Crippen molar-refractivity contribution in [1.29, 1.82) is 0 Å². The summed E-state index contributed by atoms with van der Waals surface area (Å²) >= 11 is 0.